The zero-order valence-electron chi connectivity index (χ0n) is 14.0. The third kappa shape index (κ3) is 3.85. The number of piperazine rings is 1. The van der Waals surface area contributed by atoms with Crippen LogP contribution in [0.4, 0.5) is 0 Å². The summed E-state index contributed by atoms with van der Waals surface area (Å²) in [5.74, 6) is 0. The number of nitrogens with zero attached hydrogens (tertiary/aromatic N) is 2. The van der Waals surface area contributed by atoms with Crippen molar-refractivity contribution in [3.05, 3.63) is 42.1 Å². The van der Waals surface area contributed by atoms with E-state index in [2.05, 4.69) is 46.6 Å². The number of rotatable bonds is 2. The topological polar surface area (TPSA) is 28.2 Å². The lowest BCUT2D eigenvalue weighted by Crippen LogP contribution is -2.61. The second-order valence-corrected chi connectivity index (χ2v) is 6.88. The highest BCUT2D eigenvalue weighted by Crippen LogP contribution is 2.35. The molecule has 1 saturated carbocycles. The fourth-order valence-electron chi connectivity index (χ4n) is 4.23. The third-order valence-corrected chi connectivity index (χ3v) is 5.48. The lowest BCUT2D eigenvalue weighted by atomic mass is 9.79. The van der Waals surface area contributed by atoms with Gasteiger partial charge in [-0.05, 0) is 25.0 Å². The molecule has 1 aliphatic carbocycles. The quantitative estimate of drug-likeness (QED) is 0.862. The molecule has 1 aliphatic heterocycles. The van der Waals surface area contributed by atoms with Gasteiger partial charge in [0.1, 0.15) is 0 Å². The number of para-hydroxylation sites is 1. The standard InChI is InChI=1S/C19H25N3.2ClH/c1-4-10-19(11-5-1)15-20-12-13-22(19)14-17-9-8-16-6-2-3-7-18(16)21-17;;/h2-3,6-9,20H,1,4-5,10-15H2;2*1H. The second kappa shape index (κ2) is 8.48. The molecule has 24 heavy (non-hydrogen) atoms. The van der Waals surface area contributed by atoms with E-state index in [9.17, 15) is 0 Å². The first-order valence-corrected chi connectivity index (χ1v) is 8.66. The van der Waals surface area contributed by atoms with Crippen molar-refractivity contribution >= 4 is 35.7 Å². The maximum absolute atomic E-state index is 4.89. The highest BCUT2D eigenvalue weighted by molar-refractivity contribution is 5.85. The maximum Gasteiger partial charge on any atom is 0.0705 e. The van der Waals surface area contributed by atoms with Crippen molar-refractivity contribution < 1.29 is 0 Å². The summed E-state index contributed by atoms with van der Waals surface area (Å²) in [7, 11) is 0. The van der Waals surface area contributed by atoms with E-state index in [-0.39, 0.29) is 24.8 Å². The zero-order chi connectivity index (χ0) is 14.8. The number of halogens is 2. The number of benzene rings is 1. The molecule has 0 amide bonds. The Kier molecular flexibility index (Phi) is 6.88. The molecule has 0 radical (unpaired) electrons. The van der Waals surface area contributed by atoms with Crippen LogP contribution in [-0.2, 0) is 6.54 Å². The summed E-state index contributed by atoms with van der Waals surface area (Å²) in [6.07, 6.45) is 6.84. The van der Waals surface area contributed by atoms with Crippen molar-refractivity contribution in [3.8, 4) is 0 Å². The van der Waals surface area contributed by atoms with Gasteiger partial charge in [-0.2, -0.15) is 0 Å². The van der Waals surface area contributed by atoms with Crippen LogP contribution in [-0.4, -0.2) is 35.1 Å². The van der Waals surface area contributed by atoms with Crippen molar-refractivity contribution in [1.82, 2.24) is 15.2 Å². The summed E-state index contributed by atoms with van der Waals surface area (Å²) >= 11 is 0. The Bertz CT molecular complexity index is 648. The van der Waals surface area contributed by atoms with Crippen molar-refractivity contribution in [1.29, 1.82) is 0 Å². The van der Waals surface area contributed by atoms with Crippen molar-refractivity contribution in [2.45, 2.75) is 44.2 Å². The Morgan fingerprint density at radius 1 is 1.00 bits per heavy atom. The largest absolute Gasteiger partial charge is 0.314 e. The molecule has 2 aromatic rings. The first-order valence-electron chi connectivity index (χ1n) is 8.66. The molecule has 0 atom stereocenters. The second-order valence-electron chi connectivity index (χ2n) is 6.88. The Labute approximate surface area is 157 Å². The fraction of sp³-hybridized carbons (Fsp3) is 0.526. The van der Waals surface area contributed by atoms with Gasteiger partial charge >= 0.3 is 0 Å². The average Bonchev–Trinajstić information content (AvgIpc) is 2.58. The van der Waals surface area contributed by atoms with Crippen LogP contribution in [0, 0.1) is 0 Å². The fourth-order valence-corrected chi connectivity index (χ4v) is 4.23. The minimum atomic E-state index is 0. The smallest absolute Gasteiger partial charge is 0.0705 e. The summed E-state index contributed by atoms with van der Waals surface area (Å²) in [6, 6.07) is 12.8. The average molecular weight is 368 g/mol. The first-order chi connectivity index (χ1) is 10.9. The molecular formula is C19H27Cl2N3. The van der Waals surface area contributed by atoms with Crippen LogP contribution in [0.5, 0.6) is 0 Å². The minimum absolute atomic E-state index is 0. The highest BCUT2D eigenvalue weighted by Gasteiger charge is 2.39. The van der Waals surface area contributed by atoms with Gasteiger partial charge < -0.3 is 5.32 Å². The van der Waals surface area contributed by atoms with E-state index in [0.717, 1.165) is 31.7 Å². The Morgan fingerprint density at radius 3 is 2.62 bits per heavy atom. The van der Waals surface area contributed by atoms with Gasteiger partial charge in [0, 0.05) is 37.1 Å². The summed E-state index contributed by atoms with van der Waals surface area (Å²) < 4.78 is 0. The van der Waals surface area contributed by atoms with Crippen LogP contribution in [0.3, 0.4) is 0 Å². The summed E-state index contributed by atoms with van der Waals surface area (Å²) in [6.45, 7) is 4.40. The van der Waals surface area contributed by atoms with Gasteiger partial charge in [-0.3, -0.25) is 9.88 Å². The first kappa shape index (κ1) is 19.5. The van der Waals surface area contributed by atoms with Crippen LogP contribution in [0.15, 0.2) is 36.4 Å². The monoisotopic (exact) mass is 367 g/mol. The number of hydrogen-bond acceptors (Lipinski definition) is 3. The molecule has 1 N–H and O–H groups in total. The number of aromatic nitrogens is 1. The Morgan fingerprint density at radius 2 is 1.79 bits per heavy atom. The van der Waals surface area contributed by atoms with Crippen LogP contribution in [0.2, 0.25) is 0 Å². The normalized spacial score (nSPS) is 20.3. The summed E-state index contributed by atoms with van der Waals surface area (Å²) in [5, 5.41) is 4.86. The maximum atomic E-state index is 4.89. The molecule has 2 aliphatic rings. The zero-order valence-corrected chi connectivity index (χ0v) is 15.7. The van der Waals surface area contributed by atoms with Gasteiger partial charge in [0.15, 0.2) is 0 Å². The summed E-state index contributed by atoms with van der Waals surface area (Å²) in [4.78, 5) is 7.59. The van der Waals surface area contributed by atoms with Crippen molar-refractivity contribution in [3.63, 3.8) is 0 Å². The van der Waals surface area contributed by atoms with E-state index in [0.29, 0.717) is 5.54 Å². The molecule has 4 rings (SSSR count). The lowest BCUT2D eigenvalue weighted by molar-refractivity contribution is 0.0200. The van der Waals surface area contributed by atoms with Gasteiger partial charge in [0.05, 0.1) is 11.2 Å². The van der Waals surface area contributed by atoms with Crippen LogP contribution in [0.25, 0.3) is 10.9 Å². The molecule has 132 valence electrons. The predicted molar refractivity (Wildman–Crippen MR) is 105 cm³/mol. The van der Waals surface area contributed by atoms with E-state index in [1.54, 1.807) is 0 Å². The molecular weight excluding hydrogens is 341 g/mol. The lowest BCUT2D eigenvalue weighted by Gasteiger charge is -2.49. The van der Waals surface area contributed by atoms with Crippen LogP contribution < -0.4 is 5.32 Å². The molecule has 2 heterocycles. The Hall–Kier alpha value is -0.870. The van der Waals surface area contributed by atoms with E-state index in [1.807, 2.05) is 0 Å². The highest BCUT2D eigenvalue weighted by atomic mass is 35.5. The Balaban J connectivity index is 0.00000104. The summed E-state index contributed by atoms with van der Waals surface area (Å²) in [5.41, 5.74) is 2.71. The molecule has 1 spiro atoms. The van der Waals surface area contributed by atoms with Crippen molar-refractivity contribution in [2.24, 2.45) is 0 Å². The molecule has 1 aromatic heterocycles. The minimum Gasteiger partial charge on any atom is -0.314 e. The number of nitrogens with one attached hydrogen (secondary N) is 1. The van der Waals surface area contributed by atoms with Gasteiger partial charge in [-0.15, -0.1) is 24.8 Å². The molecule has 0 unspecified atom stereocenters. The molecule has 3 nitrogen and oxygen atoms in total. The van der Waals surface area contributed by atoms with E-state index < -0.39 is 0 Å². The molecule has 1 saturated heterocycles. The number of hydrogen-bond donors (Lipinski definition) is 1. The van der Waals surface area contributed by atoms with E-state index in [4.69, 9.17) is 4.98 Å². The van der Waals surface area contributed by atoms with E-state index in [1.165, 1.54) is 43.2 Å². The van der Waals surface area contributed by atoms with Crippen LogP contribution in [0.1, 0.15) is 37.8 Å². The van der Waals surface area contributed by atoms with Crippen molar-refractivity contribution in [2.75, 3.05) is 19.6 Å². The van der Waals surface area contributed by atoms with Gasteiger partial charge in [0.25, 0.3) is 0 Å². The molecule has 1 aromatic carbocycles. The molecule has 2 fully saturated rings. The van der Waals surface area contributed by atoms with E-state index >= 15 is 0 Å². The molecule has 0 bridgehead atoms. The number of pyridine rings is 1. The van der Waals surface area contributed by atoms with Crippen LogP contribution >= 0.6 is 24.8 Å². The predicted octanol–water partition coefficient (Wildman–Crippen LogP) is 4.19. The SMILES string of the molecule is Cl.Cl.c1ccc2nc(CN3CCNCC34CCCCC4)ccc2c1. The number of fused-ring (bicyclic) bond motifs is 1. The van der Waals surface area contributed by atoms with Gasteiger partial charge in [0.2, 0.25) is 0 Å². The van der Waals surface area contributed by atoms with Gasteiger partial charge in [-0.25, -0.2) is 0 Å². The molecule has 5 heteroatoms. The van der Waals surface area contributed by atoms with Gasteiger partial charge in [-0.1, -0.05) is 43.5 Å². The third-order valence-electron chi connectivity index (χ3n) is 5.48.